The number of nitrogens with zero attached hydrogens (tertiary/aromatic N) is 1. The number of ether oxygens (including phenoxy) is 3. The number of esters is 2. The van der Waals surface area contributed by atoms with Crippen LogP contribution in [0.1, 0.15) is 142 Å². The number of hydrogen-bond acceptors (Lipinski definition) is 7. The zero-order chi connectivity index (χ0) is 42.1. The fraction of sp³-hybridized carbons (Fsp3) is 0.612. The Kier molecular flexibility index (Phi) is 36.5. The van der Waals surface area contributed by atoms with Crippen molar-refractivity contribution >= 4 is 17.9 Å². The summed E-state index contributed by atoms with van der Waals surface area (Å²) in [5, 5.41) is 11.6. The molecule has 0 aliphatic heterocycles. The fourth-order valence-electron chi connectivity index (χ4n) is 5.66. The number of quaternary nitrogens is 1. The summed E-state index contributed by atoms with van der Waals surface area (Å²) in [6.45, 7) is 4.33. The second-order valence-corrected chi connectivity index (χ2v) is 15.2. The second kappa shape index (κ2) is 39.1. The van der Waals surface area contributed by atoms with Gasteiger partial charge in [0.1, 0.15) is 12.6 Å². The molecule has 0 aliphatic carbocycles. The maximum absolute atomic E-state index is 12.7. The second-order valence-electron chi connectivity index (χ2n) is 15.2. The highest BCUT2D eigenvalue weighted by molar-refractivity contribution is 5.70. The number of likely N-dealkylation sites (N-methyl/N-ethyl adjacent to an activating group) is 1. The minimum absolute atomic E-state index is 0.00153. The molecule has 0 fully saturated rings. The van der Waals surface area contributed by atoms with Crippen LogP contribution >= 0.6 is 0 Å². The van der Waals surface area contributed by atoms with Crippen LogP contribution in [0, 0.1) is 0 Å². The standard InChI is InChI=1S/C49H79NO7/c1-6-8-10-12-14-16-18-20-22-23-24-25-26-28-30-32-34-36-38-40-48(52)57-45(43-55-42-41-46(49(53)54)50(3,4)5)44-56-47(51)39-37-35-33-31-29-27-21-19-17-15-13-11-9-7-2/h8-11,14-17,20,22,24-25,28,30,34,36,45-46H,6-7,12-13,18-19,21,23,26-27,29,31-33,35,37-44H2,1-5H3/b10-8+,11-9+,16-14+,17-15+,22-20+,25-24+,30-28+,36-34+. The lowest BCUT2D eigenvalue weighted by molar-refractivity contribution is -0.889. The highest BCUT2D eigenvalue weighted by Crippen LogP contribution is 2.12. The average molecular weight is 794 g/mol. The number of unbranched alkanes of at least 4 members (excludes halogenated alkanes) is 7. The third kappa shape index (κ3) is 37.6. The lowest BCUT2D eigenvalue weighted by atomic mass is 10.1. The molecule has 0 heterocycles. The van der Waals surface area contributed by atoms with E-state index in [1.807, 2.05) is 12.2 Å². The Morgan fingerprint density at radius 2 is 0.965 bits per heavy atom. The zero-order valence-corrected chi connectivity index (χ0v) is 36.5. The molecule has 0 spiro atoms. The van der Waals surface area contributed by atoms with Crippen molar-refractivity contribution < 1.29 is 38.2 Å². The van der Waals surface area contributed by atoms with Crippen LogP contribution in [-0.4, -0.2) is 75.5 Å². The summed E-state index contributed by atoms with van der Waals surface area (Å²) in [5.41, 5.74) is 0. The highest BCUT2D eigenvalue weighted by Gasteiger charge is 2.25. The van der Waals surface area contributed by atoms with E-state index in [0.717, 1.165) is 77.0 Å². The smallest absolute Gasteiger partial charge is 0.306 e. The summed E-state index contributed by atoms with van der Waals surface area (Å²) in [6.07, 6.45) is 51.6. The molecule has 0 aromatic carbocycles. The third-order valence-corrected chi connectivity index (χ3v) is 8.98. The van der Waals surface area contributed by atoms with Crippen molar-refractivity contribution in [3.8, 4) is 0 Å². The number of hydrogen-bond donors (Lipinski definition) is 0. The maximum Gasteiger partial charge on any atom is 0.306 e. The minimum atomic E-state index is -1.14. The zero-order valence-electron chi connectivity index (χ0n) is 36.5. The van der Waals surface area contributed by atoms with Crippen LogP contribution in [0.15, 0.2) is 97.2 Å². The van der Waals surface area contributed by atoms with E-state index in [-0.39, 0.29) is 43.1 Å². The van der Waals surface area contributed by atoms with Crippen molar-refractivity contribution in [2.24, 2.45) is 0 Å². The first-order valence-electron chi connectivity index (χ1n) is 21.8. The highest BCUT2D eigenvalue weighted by atomic mass is 16.6. The van der Waals surface area contributed by atoms with Gasteiger partial charge in [0.05, 0.1) is 40.3 Å². The fourth-order valence-corrected chi connectivity index (χ4v) is 5.66. The van der Waals surface area contributed by atoms with Crippen LogP contribution < -0.4 is 5.11 Å². The quantitative estimate of drug-likeness (QED) is 0.0267. The normalized spacial score (nSPS) is 13.9. The van der Waals surface area contributed by atoms with E-state index in [0.29, 0.717) is 12.8 Å². The summed E-state index contributed by atoms with van der Waals surface area (Å²) in [5.74, 6) is -1.87. The Hall–Kier alpha value is -3.75. The van der Waals surface area contributed by atoms with E-state index >= 15 is 0 Å². The molecule has 0 saturated heterocycles. The lowest BCUT2D eigenvalue weighted by Crippen LogP contribution is -2.55. The van der Waals surface area contributed by atoms with Crippen LogP contribution in [0.3, 0.4) is 0 Å². The van der Waals surface area contributed by atoms with Gasteiger partial charge in [0.15, 0.2) is 6.10 Å². The van der Waals surface area contributed by atoms with Gasteiger partial charge in [-0.15, -0.1) is 0 Å². The number of carboxylic acids is 1. The number of carboxylic acid groups (broad SMARTS) is 1. The van der Waals surface area contributed by atoms with Gasteiger partial charge in [-0.05, 0) is 77.0 Å². The van der Waals surface area contributed by atoms with Gasteiger partial charge in [-0.3, -0.25) is 9.59 Å². The SMILES string of the molecule is CC/C=C/C/C=C/C/C=C/C/C=C/C/C=C/C/C=C/CCC(=O)OC(COCCC(C(=O)[O-])[N+](C)(C)C)COC(=O)CCCCCCCCC/C=C/C/C=C/CC. The Bertz CT molecular complexity index is 1250. The van der Waals surface area contributed by atoms with E-state index in [9.17, 15) is 19.5 Å². The first-order chi connectivity index (χ1) is 27.6. The lowest BCUT2D eigenvalue weighted by Gasteiger charge is -2.34. The molecule has 0 aliphatic rings. The molecule has 8 heteroatoms. The molecular formula is C49H79NO7. The van der Waals surface area contributed by atoms with Crippen molar-refractivity contribution in [2.45, 2.75) is 154 Å². The average Bonchev–Trinajstić information content (AvgIpc) is 3.17. The van der Waals surface area contributed by atoms with Crippen LogP contribution in [0.2, 0.25) is 0 Å². The van der Waals surface area contributed by atoms with Gasteiger partial charge in [0.25, 0.3) is 0 Å². The predicted molar refractivity (Wildman–Crippen MR) is 235 cm³/mol. The topological polar surface area (TPSA) is 102 Å². The summed E-state index contributed by atoms with van der Waals surface area (Å²) >= 11 is 0. The molecule has 2 atom stereocenters. The summed E-state index contributed by atoms with van der Waals surface area (Å²) < 4.78 is 17.1. The van der Waals surface area contributed by atoms with Crippen LogP contribution in [0.4, 0.5) is 0 Å². The third-order valence-electron chi connectivity index (χ3n) is 8.98. The molecule has 0 bridgehead atoms. The van der Waals surface area contributed by atoms with Gasteiger partial charge >= 0.3 is 11.9 Å². The predicted octanol–water partition coefficient (Wildman–Crippen LogP) is 10.6. The van der Waals surface area contributed by atoms with Crippen molar-refractivity contribution in [3.63, 3.8) is 0 Å². The minimum Gasteiger partial charge on any atom is -0.544 e. The first kappa shape index (κ1) is 53.2. The molecule has 0 aromatic heterocycles. The molecule has 0 N–H and O–H groups in total. The van der Waals surface area contributed by atoms with Gasteiger partial charge in [-0.1, -0.05) is 143 Å². The molecule has 2 unspecified atom stereocenters. The Labute approximate surface area is 347 Å². The van der Waals surface area contributed by atoms with Gasteiger partial charge in [-0.2, -0.15) is 0 Å². The van der Waals surface area contributed by atoms with Crippen molar-refractivity contribution in [3.05, 3.63) is 97.2 Å². The molecule has 57 heavy (non-hydrogen) atoms. The van der Waals surface area contributed by atoms with Crippen LogP contribution in [0.25, 0.3) is 0 Å². The number of rotatable bonds is 37. The van der Waals surface area contributed by atoms with Gasteiger partial charge in [-0.25, -0.2) is 0 Å². The summed E-state index contributed by atoms with van der Waals surface area (Å²) in [4.78, 5) is 36.8. The van der Waals surface area contributed by atoms with E-state index in [1.54, 1.807) is 21.1 Å². The molecule has 322 valence electrons. The molecule has 0 aromatic rings. The number of carbonyl (C=O) groups excluding carboxylic acids is 3. The van der Waals surface area contributed by atoms with Crippen LogP contribution in [0.5, 0.6) is 0 Å². The van der Waals surface area contributed by atoms with E-state index < -0.39 is 24.1 Å². The Morgan fingerprint density at radius 3 is 1.44 bits per heavy atom. The van der Waals surface area contributed by atoms with E-state index in [2.05, 4.69) is 98.9 Å². The summed E-state index contributed by atoms with van der Waals surface area (Å²) in [7, 11) is 5.36. The van der Waals surface area contributed by atoms with Crippen molar-refractivity contribution in [1.29, 1.82) is 0 Å². The molecule has 0 amide bonds. The van der Waals surface area contributed by atoms with Gasteiger partial charge in [0.2, 0.25) is 0 Å². The maximum atomic E-state index is 12.7. The monoisotopic (exact) mass is 794 g/mol. The Morgan fingerprint density at radius 1 is 0.526 bits per heavy atom. The van der Waals surface area contributed by atoms with Gasteiger partial charge < -0.3 is 28.6 Å². The number of allylic oxidation sites excluding steroid dienone is 16. The van der Waals surface area contributed by atoms with Gasteiger partial charge in [0, 0.05) is 19.3 Å². The molecular weight excluding hydrogens is 715 g/mol. The number of aliphatic carboxylic acids is 1. The largest absolute Gasteiger partial charge is 0.544 e. The first-order valence-corrected chi connectivity index (χ1v) is 21.8. The Balaban J connectivity index is 4.51. The van der Waals surface area contributed by atoms with Crippen molar-refractivity contribution in [2.75, 3.05) is 41.0 Å². The molecule has 0 radical (unpaired) electrons. The number of carbonyl (C=O) groups is 3. The van der Waals surface area contributed by atoms with Crippen LogP contribution in [-0.2, 0) is 28.6 Å². The molecule has 8 nitrogen and oxygen atoms in total. The molecule has 0 saturated carbocycles. The summed E-state index contributed by atoms with van der Waals surface area (Å²) in [6, 6.07) is -0.745. The van der Waals surface area contributed by atoms with E-state index in [4.69, 9.17) is 14.2 Å². The van der Waals surface area contributed by atoms with E-state index in [1.165, 1.54) is 25.7 Å². The molecule has 0 rings (SSSR count). The van der Waals surface area contributed by atoms with Crippen molar-refractivity contribution in [1.82, 2.24) is 0 Å².